The minimum absolute atomic E-state index is 0.0763. The third kappa shape index (κ3) is 1.45. The average Bonchev–Trinajstić information content (AvgIpc) is 2.59. The number of hydrogen-bond donors (Lipinski definition) is 1. The standard InChI is InChI=1S/C11H12O2/c1-8(7-12)11-6-9-4-2-3-5-10(9)13-11/h2-6,8,12H,7H2,1H3/t8-/m1/s1. The molecule has 0 aliphatic rings. The van der Waals surface area contributed by atoms with Gasteiger partial charge in [-0.1, -0.05) is 25.1 Å². The number of benzene rings is 1. The van der Waals surface area contributed by atoms with Gasteiger partial charge in [0.2, 0.25) is 0 Å². The second kappa shape index (κ2) is 3.23. The molecule has 0 saturated carbocycles. The number of para-hydroxylation sites is 1. The monoisotopic (exact) mass is 176 g/mol. The molecule has 0 unspecified atom stereocenters. The lowest BCUT2D eigenvalue weighted by Crippen LogP contribution is -1.95. The Morgan fingerprint density at radius 1 is 1.38 bits per heavy atom. The van der Waals surface area contributed by atoms with Gasteiger partial charge in [0.1, 0.15) is 11.3 Å². The number of rotatable bonds is 2. The van der Waals surface area contributed by atoms with E-state index in [1.165, 1.54) is 0 Å². The van der Waals surface area contributed by atoms with Gasteiger partial charge in [0.25, 0.3) is 0 Å². The van der Waals surface area contributed by atoms with Gasteiger partial charge in [-0.25, -0.2) is 0 Å². The van der Waals surface area contributed by atoms with Crippen molar-refractivity contribution in [3.63, 3.8) is 0 Å². The fourth-order valence-electron chi connectivity index (χ4n) is 1.34. The van der Waals surface area contributed by atoms with Gasteiger partial charge >= 0.3 is 0 Å². The summed E-state index contributed by atoms with van der Waals surface area (Å²) in [5.41, 5.74) is 0.887. The molecular formula is C11H12O2. The third-order valence-electron chi connectivity index (χ3n) is 2.20. The molecule has 1 atom stereocenters. The van der Waals surface area contributed by atoms with Crippen LogP contribution in [0.4, 0.5) is 0 Å². The SMILES string of the molecule is C[C@H](CO)c1cc2ccccc2o1. The molecule has 2 rings (SSSR count). The van der Waals surface area contributed by atoms with Gasteiger partial charge < -0.3 is 9.52 Å². The van der Waals surface area contributed by atoms with E-state index in [1.807, 2.05) is 37.3 Å². The molecule has 2 heteroatoms. The molecule has 0 radical (unpaired) electrons. The molecule has 68 valence electrons. The van der Waals surface area contributed by atoms with Crippen LogP contribution in [0.5, 0.6) is 0 Å². The second-order valence-electron chi connectivity index (χ2n) is 3.27. The molecule has 0 spiro atoms. The highest BCUT2D eigenvalue weighted by atomic mass is 16.3. The Bertz CT molecular complexity index is 370. The smallest absolute Gasteiger partial charge is 0.134 e. The fourth-order valence-corrected chi connectivity index (χ4v) is 1.34. The van der Waals surface area contributed by atoms with Crippen LogP contribution in [0.1, 0.15) is 18.6 Å². The van der Waals surface area contributed by atoms with Crippen LogP contribution in [0.25, 0.3) is 11.0 Å². The van der Waals surface area contributed by atoms with E-state index in [1.54, 1.807) is 0 Å². The maximum Gasteiger partial charge on any atom is 0.134 e. The summed E-state index contributed by atoms with van der Waals surface area (Å²) in [6.45, 7) is 2.07. The summed E-state index contributed by atoms with van der Waals surface area (Å²) in [6.07, 6.45) is 0. The summed E-state index contributed by atoms with van der Waals surface area (Å²) in [5, 5.41) is 10.0. The first-order valence-corrected chi connectivity index (χ1v) is 4.40. The first kappa shape index (κ1) is 8.32. The maximum absolute atomic E-state index is 8.95. The van der Waals surface area contributed by atoms with Crippen molar-refractivity contribution in [3.8, 4) is 0 Å². The number of aliphatic hydroxyl groups is 1. The van der Waals surface area contributed by atoms with Crippen LogP contribution >= 0.6 is 0 Å². The predicted octanol–water partition coefficient (Wildman–Crippen LogP) is 2.53. The van der Waals surface area contributed by atoms with E-state index in [2.05, 4.69) is 0 Å². The van der Waals surface area contributed by atoms with E-state index in [0.717, 1.165) is 16.7 Å². The molecule has 1 aromatic heterocycles. The van der Waals surface area contributed by atoms with Crippen LogP contribution in [-0.4, -0.2) is 11.7 Å². The molecule has 0 amide bonds. The second-order valence-corrected chi connectivity index (χ2v) is 3.27. The van der Waals surface area contributed by atoms with Gasteiger partial charge in [-0.2, -0.15) is 0 Å². The minimum atomic E-state index is 0.0763. The van der Waals surface area contributed by atoms with Crippen molar-refractivity contribution in [1.82, 2.24) is 0 Å². The van der Waals surface area contributed by atoms with Crippen molar-refractivity contribution in [2.24, 2.45) is 0 Å². The first-order chi connectivity index (χ1) is 6.31. The topological polar surface area (TPSA) is 33.4 Å². The molecule has 0 aliphatic heterocycles. The lowest BCUT2D eigenvalue weighted by atomic mass is 10.1. The normalized spacial score (nSPS) is 13.4. The molecule has 0 saturated heterocycles. The van der Waals surface area contributed by atoms with Gasteiger partial charge in [-0.15, -0.1) is 0 Å². The Morgan fingerprint density at radius 2 is 2.15 bits per heavy atom. The number of aliphatic hydroxyl groups excluding tert-OH is 1. The van der Waals surface area contributed by atoms with Crippen LogP contribution in [0.2, 0.25) is 0 Å². The summed E-state index contributed by atoms with van der Waals surface area (Å²) in [6, 6.07) is 9.84. The summed E-state index contributed by atoms with van der Waals surface area (Å²) in [7, 11) is 0. The van der Waals surface area contributed by atoms with Crippen LogP contribution < -0.4 is 0 Å². The Balaban J connectivity index is 2.49. The molecule has 2 nitrogen and oxygen atoms in total. The lowest BCUT2D eigenvalue weighted by molar-refractivity contribution is 0.259. The van der Waals surface area contributed by atoms with Gasteiger partial charge in [-0.3, -0.25) is 0 Å². The number of furan rings is 1. The van der Waals surface area contributed by atoms with E-state index in [0.29, 0.717) is 0 Å². The van der Waals surface area contributed by atoms with Crippen molar-refractivity contribution in [2.45, 2.75) is 12.8 Å². The Morgan fingerprint density at radius 3 is 2.85 bits per heavy atom. The van der Waals surface area contributed by atoms with Crippen LogP contribution in [-0.2, 0) is 0 Å². The molecule has 0 bridgehead atoms. The molecule has 0 aliphatic carbocycles. The van der Waals surface area contributed by atoms with E-state index in [9.17, 15) is 0 Å². The largest absolute Gasteiger partial charge is 0.461 e. The van der Waals surface area contributed by atoms with E-state index >= 15 is 0 Å². The molecule has 0 fully saturated rings. The molecule has 13 heavy (non-hydrogen) atoms. The highest BCUT2D eigenvalue weighted by Gasteiger charge is 2.09. The average molecular weight is 176 g/mol. The van der Waals surface area contributed by atoms with Crippen LogP contribution in [0.15, 0.2) is 34.7 Å². The highest BCUT2D eigenvalue weighted by Crippen LogP contribution is 2.24. The predicted molar refractivity (Wildman–Crippen MR) is 51.7 cm³/mol. The summed E-state index contributed by atoms with van der Waals surface area (Å²) >= 11 is 0. The third-order valence-corrected chi connectivity index (χ3v) is 2.20. The van der Waals surface area contributed by atoms with Gasteiger partial charge in [-0.05, 0) is 12.1 Å². The summed E-state index contributed by atoms with van der Waals surface area (Å²) in [4.78, 5) is 0. The molecular weight excluding hydrogens is 164 g/mol. The van der Waals surface area contributed by atoms with Crippen molar-refractivity contribution in [2.75, 3.05) is 6.61 Å². The zero-order chi connectivity index (χ0) is 9.26. The summed E-state index contributed by atoms with van der Waals surface area (Å²) in [5.74, 6) is 0.927. The van der Waals surface area contributed by atoms with Crippen molar-refractivity contribution in [3.05, 3.63) is 36.1 Å². The van der Waals surface area contributed by atoms with Gasteiger partial charge in [0.05, 0.1) is 6.61 Å². The lowest BCUT2D eigenvalue weighted by Gasteiger charge is -2.00. The van der Waals surface area contributed by atoms with Crippen LogP contribution in [0, 0.1) is 0 Å². The first-order valence-electron chi connectivity index (χ1n) is 4.40. The van der Waals surface area contributed by atoms with Crippen LogP contribution in [0.3, 0.4) is 0 Å². The quantitative estimate of drug-likeness (QED) is 0.762. The zero-order valence-electron chi connectivity index (χ0n) is 7.53. The van der Waals surface area contributed by atoms with Crippen molar-refractivity contribution < 1.29 is 9.52 Å². The highest BCUT2D eigenvalue weighted by molar-refractivity contribution is 5.77. The molecule has 2 aromatic rings. The van der Waals surface area contributed by atoms with Gasteiger partial charge in [0, 0.05) is 11.3 Å². The van der Waals surface area contributed by atoms with E-state index < -0.39 is 0 Å². The fraction of sp³-hybridized carbons (Fsp3) is 0.273. The van der Waals surface area contributed by atoms with Gasteiger partial charge in [0.15, 0.2) is 0 Å². The molecule has 1 aromatic carbocycles. The Labute approximate surface area is 76.8 Å². The number of hydrogen-bond acceptors (Lipinski definition) is 2. The van der Waals surface area contributed by atoms with Crippen molar-refractivity contribution >= 4 is 11.0 Å². The molecule has 1 heterocycles. The maximum atomic E-state index is 8.95. The molecule has 1 N–H and O–H groups in total. The van der Waals surface area contributed by atoms with E-state index in [4.69, 9.17) is 9.52 Å². The zero-order valence-corrected chi connectivity index (χ0v) is 7.53. The Hall–Kier alpha value is -1.28. The van der Waals surface area contributed by atoms with E-state index in [-0.39, 0.29) is 12.5 Å². The summed E-state index contributed by atoms with van der Waals surface area (Å²) < 4.78 is 5.56. The number of fused-ring (bicyclic) bond motifs is 1. The van der Waals surface area contributed by atoms with Crippen molar-refractivity contribution in [1.29, 1.82) is 0 Å². The minimum Gasteiger partial charge on any atom is -0.461 e. The Kier molecular flexibility index (Phi) is 2.07.